The summed E-state index contributed by atoms with van der Waals surface area (Å²) in [6.07, 6.45) is -0.520. The van der Waals surface area contributed by atoms with Crippen LogP contribution in [0.2, 0.25) is 0 Å². The molecule has 2 aromatic rings. The molecule has 2 amide bonds. The lowest BCUT2D eigenvalue weighted by atomic mass is 9.94. The molecule has 34 heavy (non-hydrogen) atoms. The molecule has 1 aliphatic rings. The number of esters is 1. The molecule has 0 aliphatic carbocycles. The summed E-state index contributed by atoms with van der Waals surface area (Å²) < 4.78 is 5.28. The Hall–Kier alpha value is -3.76. The Labute approximate surface area is 196 Å². The Morgan fingerprint density at radius 2 is 1.56 bits per heavy atom. The Morgan fingerprint density at radius 1 is 0.941 bits per heavy atom. The summed E-state index contributed by atoms with van der Waals surface area (Å²) in [6, 6.07) is 18.0. The van der Waals surface area contributed by atoms with Gasteiger partial charge in [-0.25, -0.2) is 15.1 Å². The van der Waals surface area contributed by atoms with Crippen LogP contribution in [0.4, 0.5) is 0 Å². The average Bonchev–Trinajstić information content (AvgIpc) is 2.86. The van der Waals surface area contributed by atoms with E-state index in [1.165, 1.54) is 0 Å². The van der Waals surface area contributed by atoms with Crippen LogP contribution < -0.4 is 10.8 Å². The Kier molecular flexibility index (Phi) is 8.72. The number of aliphatic carboxylic acids is 1. The highest BCUT2D eigenvalue weighted by Gasteiger charge is 2.56. The third-order valence-corrected chi connectivity index (χ3v) is 5.39. The monoisotopic (exact) mass is 469 g/mol. The second-order valence-electron chi connectivity index (χ2n) is 7.75. The van der Waals surface area contributed by atoms with E-state index in [0.717, 1.165) is 10.5 Å². The van der Waals surface area contributed by atoms with Gasteiger partial charge >= 0.3 is 11.9 Å². The minimum atomic E-state index is -2.22. The molecule has 0 spiro atoms. The summed E-state index contributed by atoms with van der Waals surface area (Å²) in [5.41, 5.74) is 1.59. The maximum atomic E-state index is 12.9. The number of carboxylic acids is 1. The molecule has 1 aliphatic heterocycles. The lowest BCUT2D eigenvalue weighted by Crippen LogP contribution is -2.71. The van der Waals surface area contributed by atoms with Gasteiger partial charge in [-0.05, 0) is 11.1 Å². The van der Waals surface area contributed by atoms with Crippen molar-refractivity contribution in [3.63, 3.8) is 0 Å². The molecule has 180 valence electrons. The standard InChI is InChI=1S/C24H27N3O7/c28-20(26-34-16-19-9-5-2-6-10-19)11-12-21(29)27-14-13-25-17-24(27,22(30)31)23(32)33-15-18-7-3-1-4-8-18/h1-10,25H,11-17H2,(H,26,28)(H,30,31)/t24-/m0/s1. The van der Waals surface area contributed by atoms with Crippen molar-refractivity contribution in [3.8, 4) is 0 Å². The average molecular weight is 469 g/mol. The molecule has 10 nitrogen and oxygen atoms in total. The van der Waals surface area contributed by atoms with Crippen molar-refractivity contribution < 1.29 is 33.9 Å². The van der Waals surface area contributed by atoms with E-state index in [2.05, 4.69) is 10.8 Å². The highest BCUT2D eigenvalue weighted by molar-refractivity contribution is 6.07. The van der Waals surface area contributed by atoms with E-state index in [9.17, 15) is 24.3 Å². The van der Waals surface area contributed by atoms with Gasteiger partial charge in [0, 0.05) is 32.5 Å². The summed E-state index contributed by atoms with van der Waals surface area (Å²) in [7, 11) is 0. The molecule has 0 aromatic heterocycles. The largest absolute Gasteiger partial charge is 0.479 e. The summed E-state index contributed by atoms with van der Waals surface area (Å²) in [6.45, 7) is 0.0243. The minimum Gasteiger partial charge on any atom is -0.479 e. The van der Waals surface area contributed by atoms with Gasteiger partial charge in [-0.3, -0.25) is 14.4 Å². The van der Waals surface area contributed by atoms with Crippen LogP contribution in [-0.2, 0) is 42.0 Å². The van der Waals surface area contributed by atoms with Gasteiger partial charge < -0.3 is 20.1 Å². The summed E-state index contributed by atoms with van der Waals surface area (Å²) in [5.74, 6) is -3.72. The number of amides is 2. The highest BCUT2D eigenvalue weighted by atomic mass is 16.6. The molecule has 1 fully saturated rings. The van der Waals surface area contributed by atoms with Crippen molar-refractivity contribution in [2.24, 2.45) is 0 Å². The van der Waals surface area contributed by atoms with Gasteiger partial charge in [0.15, 0.2) is 0 Å². The second-order valence-corrected chi connectivity index (χ2v) is 7.75. The van der Waals surface area contributed by atoms with Crippen LogP contribution in [0.5, 0.6) is 0 Å². The number of hydrogen-bond donors (Lipinski definition) is 3. The number of carbonyl (C=O) groups excluding carboxylic acids is 3. The fraction of sp³-hybridized carbons (Fsp3) is 0.333. The van der Waals surface area contributed by atoms with Crippen LogP contribution in [-0.4, -0.2) is 58.9 Å². The molecule has 1 saturated heterocycles. The first-order chi connectivity index (χ1) is 16.4. The molecule has 1 heterocycles. The molecule has 3 N–H and O–H groups in total. The zero-order valence-electron chi connectivity index (χ0n) is 18.6. The molecular formula is C24H27N3O7. The van der Waals surface area contributed by atoms with Crippen LogP contribution >= 0.6 is 0 Å². The molecule has 2 aromatic carbocycles. The van der Waals surface area contributed by atoms with Crippen LogP contribution in [0, 0.1) is 0 Å². The van der Waals surface area contributed by atoms with Crippen molar-refractivity contribution in [1.29, 1.82) is 0 Å². The number of nitrogens with zero attached hydrogens (tertiary/aromatic N) is 1. The van der Waals surface area contributed by atoms with Crippen LogP contribution in [0.25, 0.3) is 0 Å². The minimum absolute atomic E-state index is 0.0162. The number of hydrogen-bond acceptors (Lipinski definition) is 7. The fourth-order valence-corrected chi connectivity index (χ4v) is 3.57. The molecule has 0 saturated carbocycles. The molecule has 0 unspecified atom stereocenters. The maximum absolute atomic E-state index is 12.9. The number of benzene rings is 2. The van der Waals surface area contributed by atoms with E-state index >= 15 is 0 Å². The first kappa shape index (κ1) is 24.9. The first-order valence-corrected chi connectivity index (χ1v) is 10.8. The van der Waals surface area contributed by atoms with E-state index in [1.54, 1.807) is 30.3 Å². The van der Waals surface area contributed by atoms with E-state index in [-0.39, 0.29) is 39.1 Å². The van der Waals surface area contributed by atoms with Crippen molar-refractivity contribution in [3.05, 3.63) is 71.8 Å². The molecule has 1 atom stereocenters. The van der Waals surface area contributed by atoms with Gasteiger partial charge in [-0.15, -0.1) is 0 Å². The van der Waals surface area contributed by atoms with Crippen molar-refractivity contribution >= 4 is 23.8 Å². The topological polar surface area (TPSA) is 134 Å². The number of piperazine rings is 1. The molecule has 0 bridgehead atoms. The number of nitrogens with one attached hydrogen (secondary N) is 2. The van der Waals surface area contributed by atoms with Crippen LogP contribution in [0.3, 0.4) is 0 Å². The Bertz CT molecular complexity index is 1000. The van der Waals surface area contributed by atoms with E-state index in [4.69, 9.17) is 9.57 Å². The maximum Gasteiger partial charge on any atom is 0.345 e. The number of hydroxylamine groups is 1. The molecule has 0 radical (unpaired) electrons. The van der Waals surface area contributed by atoms with Crippen LogP contribution in [0.1, 0.15) is 24.0 Å². The number of ether oxygens (including phenoxy) is 1. The number of rotatable bonds is 10. The molecular weight excluding hydrogens is 442 g/mol. The normalized spacial score (nSPS) is 17.6. The van der Waals surface area contributed by atoms with Gasteiger partial charge in [0.25, 0.3) is 5.54 Å². The van der Waals surface area contributed by atoms with Crippen molar-refractivity contribution in [2.45, 2.75) is 31.6 Å². The SMILES string of the molecule is O=C(CCC(=O)N1CCNC[C@]1(C(=O)O)C(=O)OCc1ccccc1)NOCc1ccccc1. The van der Waals surface area contributed by atoms with Gasteiger partial charge in [0.2, 0.25) is 11.8 Å². The second kappa shape index (κ2) is 11.9. The molecule has 3 rings (SSSR count). The zero-order valence-corrected chi connectivity index (χ0v) is 18.6. The Morgan fingerprint density at radius 3 is 2.18 bits per heavy atom. The van der Waals surface area contributed by atoms with Crippen molar-refractivity contribution in [2.75, 3.05) is 19.6 Å². The Balaban J connectivity index is 1.58. The number of carboxylic acid groups (broad SMARTS) is 1. The zero-order chi connectivity index (χ0) is 24.4. The third-order valence-electron chi connectivity index (χ3n) is 5.39. The number of carbonyl (C=O) groups is 4. The van der Waals surface area contributed by atoms with E-state index in [0.29, 0.717) is 12.1 Å². The summed E-state index contributed by atoms with van der Waals surface area (Å²) >= 11 is 0. The quantitative estimate of drug-likeness (QED) is 0.267. The lowest BCUT2D eigenvalue weighted by molar-refractivity contribution is -0.179. The first-order valence-electron chi connectivity index (χ1n) is 10.8. The van der Waals surface area contributed by atoms with E-state index in [1.807, 2.05) is 30.3 Å². The van der Waals surface area contributed by atoms with Gasteiger partial charge in [-0.2, -0.15) is 0 Å². The predicted octanol–water partition coefficient (Wildman–Crippen LogP) is 1.01. The molecule has 10 heteroatoms. The summed E-state index contributed by atoms with van der Waals surface area (Å²) in [5, 5.41) is 12.8. The highest BCUT2D eigenvalue weighted by Crippen LogP contribution is 2.23. The fourth-order valence-electron chi connectivity index (χ4n) is 3.57. The van der Waals surface area contributed by atoms with Crippen molar-refractivity contribution in [1.82, 2.24) is 15.7 Å². The van der Waals surface area contributed by atoms with E-state index < -0.39 is 29.3 Å². The third kappa shape index (κ3) is 6.18. The smallest absolute Gasteiger partial charge is 0.345 e. The van der Waals surface area contributed by atoms with Crippen LogP contribution in [0.15, 0.2) is 60.7 Å². The van der Waals surface area contributed by atoms with Gasteiger partial charge in [0.05, 0.1) is 6.61 Å². The lowest BCUT2D eigenvalue weighted by Gasteiger charge is -2.42. The summed E-state index contributed by atoms with van der Waals surface area (Å²) in [4.78, 5) is 56.3. The van der Waals surface area contributed by atoms with Gasteiger partial charge in [0.1, 0.15) is 6.61 Å². The predicted molar refractivity (Wildman–Crippen MR) is 120 cm³/mol. The van der Waals surface area contributed by atoms with Gasteiger partial charge in [-0.1, -0.05) is 60.7 Å².